The van der Waals surface area contributed by atoms with Gasteiger partial charge in [-0.3, -0.25) is 4.79 Å². The van der Waals surface area contributed by atoms with Gasteiger partial charge in [-0.05, 0) is 29.2 Å². The van der Waals surface area contributed by atoms with Crippen LogP contribution in [-0.4, -0.2) is 13.0 Å². The lowest BCUT2D eigenvalue weighted by Crippen LogP contribution is -2.29. The molecule has 2 nitrogen and oxygen atoms in total. The topological polar surface area (TPSA) is 20.3 Å². The molecule has 2 aromatic carbocycles. The molecule has 20 heavy (non-hydrogen) atoms. The first-order valence-corrected chi connectivity index (χ1v) is 6.84. The van der Waals surface area contributed by atoms with E-state index in [4.69, 9.17) is 0 Å². The Morgan fingerprint density at radius 2 is 1.45 bits per heavy atom. The lowest BCUT2D eigenvalue weighted by Gasteiger charge is -2.25. The quantitative estimate of drug-likeness (QED) is 0.796. The highest BCUT2D eigenvalue weighted by Crippen LogP contribution is 2.27. The van der Waals surface area contributed by atoms with E-state index in [1.807, 2.05) is 61.6 Å². The number of nitrogens with zero attached hydrogens (tertiary/aromatic N) is 1. The van der Waals surface area contributed by atoms with Crippen molar-refractivity contribution >= 4 is 11.6 Å². The average molecular weight is 267 g/mol. The lowest BCUT2D eigenvalue weighted by molar-refractivity contribution is 0.0991. The summed E-state index contributed by atoms with van der Waals surface area (Å²) >= 11 is 0. The van der Waals surface area contributed by atoms with E-state index >= 15 is 0 Å². The number of rotatable bonds is 2. The average Bonchev–Trinajstić information content (AvgIpc) is 2.46. The summed E-state index contributed by atoms with van der Waals surface area (Å²) in [6.45, 7) is 6.38. The molecule has 0 bridgehead atoms. The Bertz CT molecular complexity index is 596. The Kier molecular flexibility index (Phi) is 3.93. The smallest absolute Gasteiger partial charge is 0.258 e. The minimum absolute atomic E-state index is 0.0294. The van der Waals surface area contributed by atoms with Crippen LogP contribution in [0.4, 0.5) is 5.69 Å². The molecular weight excluding hydrogens is 246 g/mol. The molecule has 104 valence electrons. The summed E-state index contributed by atoms with van der Waals surface area (Å²) in [4.78, 5) is 14.4. The third-order valence-electron chi connectivity index (χ3n) is 3.41. The number of amides is 1. The Morgan fingerprint density at radius 1 is 0.900 bits per heavy atom. The number of para-hydroxylation sites is 1. The highest BCUT2D eigenvalue weighted by Gasteiger charge is 2.23. The molecule has 0 aliphatic carbocycles. The molecule has 0 N–H and O–H groups in total. The summed E-state index contributed by atoms with van der Waals surface area (Å²) in [5, 5.41) is 0. The Hall–Kier alpha value is -2.09. The molecule has 0 aliphatic heterocycles. The Balaban J connectivity index is 2.40. The van der Waals surface area contributed by atoms with Gasteiger partial charge in [0.25, 0.3) is 5.91 Å². The minimum atomic E-state index is -0.0518. The first-order chi connectivity index (χ1) is 9.41. The molecule has 0 unspecified atom stereocenters. The maximum Gasteiger partial charge on any atom is 0.258 e. The zero-order chi connectivity index (χ0) is 14.8. The third kappa shape index (κ3) is 2.90. The second kappa shape index (κ2) is 5.49. The van der Waals surface area contributed by atoms with Crippen molar-refractivity contribution in [3.8, 4) is 0 Å². The van der Waals surface area contributed by atoms with E-state index in [9.17, 15) is 4.79 Å². The van der Waals surface area contributed by atoms with Crippen molar-refractivity contribution in [1.29, 1.82) is 0 Å². The van der Waals surface area contributed by atoms with E-state index in [1.165, 1.54) is 0 Å². The van der Waals surface area contributed by atoms with Gasteiger partial charge in [-0.15, -0.1) is 0 Å². The van der Waals surface area contributed by atoms with Gasteiger partial charge in [0.15, 0.2) is 0 Å². The zero-order valence-corrected chi connectivity index (χ0v) is 12.6. The Morgan fingerprint density at radius 3 is 2.05 bits per heavy atom. The van der Waals surface area contributed by atoms with Gasteiger partial charge in [0.2, 0.25) is 0 Å². The normalized spacial score (nSPS) is 11.2. The number of anilines is 1. The van der Waals surface area contributed by atoms with Gasteiger partial charge in [-0.25, -0.2) is 0 Å². The van der Waals surface area contributed by atoms with Gasteiger partial charge in [0.05, 0.1) is 0 Å². The van der Waals surface area contributed by atoms with E-state index < -0.39 is 0 Å². The summed E-state index contributed by atoms with van der Waals surface area (Å²) in [7, 11) is 1.82. The second-order valence-electron chi connectivity index (χ2n) is 6.00. The van der Waals surface area contributed by atoms with E-state index in [0.717, 1.165) is 16.8 Å². The van der Waals surface area contributed by atoms with Crippen molar-refractivity contribution in [1.82, 2.24) is 0 Å². The molecule has 0 saturated heterocycles. The lowest BCUT2D eigenvalue weighted by atomic mass is 9.83. The summed E-state index contributed by atoms with van der Waals surface area (Å²) in [5.41, 5.74) is 2.70. The fourth-order valence-electron chi connectivity index (χ4n) is 2.27. The van der Waals surface area contributed by atoms with Crippen LogP contribution in [0.15, 0.2) is 54.6 Å². The molecule has 0 aromatic heterocycles. The molecule has 1 amide bonds. The van der Waals surface area contributed by atoms with Crippen molar-refractivity contribution < 1.29 is 4.79 Å². The van der Waals surface area contributed by atoms with Crippen LogP contribution in [0.1, 0.15) is 36.7 Å². The fraction of sp³-hybridized carbons (Fsp3) is 0.278. The van der Waals surface area contributed by atoms with Gasteiger partial charge in [0.1, 0.15) is 0 Å². The molecule has 0 radical (unpaired) electrons. The highest BCUT2D eigenvalue weighted by atomic mass is 16.2. The Labute approximate surface area is 121 Å². The van der Waals surface area contributed by atoms with E-state index in [-0.39, 0.29) is 11.3 Å². The van der Waals surface area contributed by atoms with Crippen molar-refractivity contribution in [3.63, 3.8) is 0 Å². The van der Waals surface area contributed by atoms with Gasteiger partial charge < -0.3 is 4.90 Å². The van der Waals surface area contributed by atoms with Crippen molar-refractivity contribution in [2.45, 2.75) is 26.2 Å². The fourth-order valence-corrected chi connectivity index (χ4v) is 2.27. The van der Waals surface area contributed by atoms with Gasteiger partial charge >= 0.3 is 0 Å². The van der Waals surface area contributed by atoms with Crippen LogP contribution in [0.3, 0.4) is 0 Å². The van der Waals surface area contributed by atoms with Gasteiger partial charge in [-0.1, -0.05) is 57.2 Å². The molecule has 0 saturated carbocycles. The third-order valence-corrected chi connectivity index (χ3v) is 3.41. The van der Waals surface area contributed by atoms with Crippen LogP contribution in [0.25, 0.3) is 0 Å². The standard InChI is InChI=1S/C18H21NO/c1-18(2,3)16-13-9-8-12-15(16)17(20)19(4)14-10-6-5-7-11-14/h5-13H,1-4H3. The zero-order valence-electron chi connectivity index (χ0n) is 12.6. The second-order valence-corrected chi connectivity index (χ2v) is 6.00. The summed E-state index contributed by atoms with van der Waals surface area (Å²) in [6, 6.07) is 17.6. The molecular formula is C18H21NO. The molecule has 0 spiro atoms. The van der Waals surface area contributed by atoms with Gasteiger partial charge in [0, 0.05) is 18.3 Å². The van der Waals surface area contributed by atoms with Crippen molar-refractivity contribution in [3.05, 3.63) is 65.7 Å². The van der Waals surface area contributed by atoms with E-state index in [1.54, 1.807) is 4.90 Å². The van der Waals surface area contributed by atoms with Crippen LogP contribution in [0, 0.1) is 0 Å². The highest BCUT2D eigenvalue weighted by molar-refractivity contribution is 6.06. The molecule has 2 rings (SSSR count). The molecule has 0 atom stereocenters. The summed E-state index contributed by atoms with van der Waals surface area (Å²) in [5.74, 6) is 0.0294. The predicted molar refractivity (Wildman–Crippen MR) is 84.3 cm³/mol. The first-order valence-electron chi connectivity index (χ1n) is 6.84. The van der Waals surface area contributed by atoms with Crippen LogP contribution in [-0.2, 0) is 5.41 Å². The molecule has 0 fully saturated rings. The maximum absolute atomic E-state index is 12.7. The van der Waals surface area contributed by atoms with Crippen LogP contribution < -0.4 is 4.90 Å². The number of hydrogen-bond acceptors (Lipinski definition) is 1. The molecule has 2 aromatic rings. The summed E-state index contributed by atoms with van der Waals surface area (Å²) in [6.07, 6.45) is 0. The van der Waals surface area contributed by atoms with Crippen LogP contribution in [0.5, 0.6) is 0 Å². The largest absolute Gasteiger partial charge is 0.311 e. The SMILES string of the molecule is CN(C(=O)c1ccccc1C(C)(C)C)c1ccccc1. The summed E-state index contributed by atoms with van der Waals surface area (Å²) < 4.78 is 0. The maximum atomic E-state index is 12.7. The predicted octanol–water partition coefficient (Wildman–Crippen LogP) is 4.26. The monoisotopic (exact) mass is 267 g/mol. The van der Waals surface area contributed by atoms with E-state index in [0.29, 0.717) is 0 Å². The number of benzene rings is 2. The van der Waals surface area contributed by atoms with Crippen LogP contribution >= 0.6 is 0 Å². The van der Waals surface area contributed by atoms with Crippen molar-refractivity contribution in [2.24, 2.45) is 0 Å². The van der Waals surface area contributed by atoms with Crippen LogP contribution in [0.2, 0.25) is 0 Å². The van der Waals surface area contributed by atoms with E-state index in [2.05, 4.69) is 20.8 Å². The minimum Gasteiger partial charge on any atom is -0.311 e. The first kappa shape index (κ1) is 14.3. The molecule has 2 heteroatoms. The van der Waals surface area contributed by atoms with Crippen molar-refractivity contribution in [2.75, 3.05) is 11.9 Å². The number of carbonyl (C=O) groups excluding carboxylic acids is 1. The number of carbonyl (C=O) groups is 1. The molecule has 0 heterocycles. The molecule has 0 aliphatic rings. The van der Waals surface area contributed by atoms with Gasteiger partial charge in [-0.2, -0.15) is 0 Å². The number of hydrogen-bond donors (Lipinski definition) is 0.